The summed E-state index contributed by atoms with van der Waals surface area (Å²) in [6.07, 6.45) is 1.04. The predicted molar refractivity (Wildman–Crippen MR) is 126 cm³/mol. The summed E-state index contributed by atoms with van der Waals surface area (Å²) in [6.45, 7) is 1.73. The third-order valence-electron chi connectivity index (χ3n) is 4.70. The minimum atomic E-state index is -0.882. The zero-order valence-corrected chi connectivity index (χ0v) is 18.7. The van der Waals surface area contributed by atoms with Crippen LogP contribution in [-0.2, 0) is 9.53 Å². The molecule has 2 atom stereocenters. The van der Waals surface area contributed by atoms with Gasteiger partial charge in [-0.3, -0.25) is 15.3 Å². The van der Waals surface area contributed by atoms with Crippen LogP contribution < -0.4 is 10.8 Å². The molecule has 0 aromatic heterocycles. The first-order valence-electron chi connectivity index (χ1n) is 9.45. The molecule has 3 aromatic rings. The van der Waals surface area contributed by atoms with E-state index in [0.29, 0.717) is 11.3 Å². The normalized spacial score (nSPS) is 13.0. The molecule has 0 saturated heterocycles. The van der Waals surface area contributed by atoms with Crippen molar-refractivity contribution in [1.82, 2.24) is 5.48 Å². The van der Waals surface area contributed by atoms with Crippen LogP contribution in [0.3, 0.4) is 0 Å². The summed E-state index contributed by atoms with van der Waals surface area (Å²) in [5, 5.41) is 23.7. The highest BCUT2D eigenvalue weighted by Crippen LogP contribution is 2.35. The summed E-state index contributed by atoms with van der Waals surface area (Å²) in [5.74, 6) is -1.23. The third-order valence-corrected chi connectivity index (χ3v) is 5.37. The Morgan fingerprint density at radius 1 is 1.10 bits per heavy atom. The molecule has 160 valence electrons. The van der Waals surface area contributed by atoms with Crippen molar-refractivity contribution in [2.45, 2.75) is 13.0 Å². The number of rotatable bonds is 6. The number of phenolic OH excluding ortho intramolecular Hbond substituents is 1. The molecule has 2 amide bonds. The van der Waals surface area contributed by atoms with Crippen LogP contribution in [-0.4, -0.2) is 22.3 Å². The van der Waals surface area contributed by atoms with Crippen LogP contribution in [0.15, 0.2) is 72.8 Å². The number of hydrogen-bond acceptors (Lipinski definition) is 5. The lowest BCUT2D eigenvalue weighted by Crippen LogP contribution is -2.22. The zero-order chi connectivity index (χ0) is 22.4. The first kappa shape index (κ1) is 22.6. The van der Waals surface area contributed by atoms with Gasteiger partial charge in [0.25, 0.3) is 5.91 Å². The predicted octanol–water partition coefficient (Wildman–Crippen LogP) is 5.14. The van der Waals surface area contributed by atoms with E-state index in [2.05, 4.69) is 27.9 Å². The van der Waals surface area contributed by atoms with E-state index in [0.717, 1.165) is 20.4 Å². The second-order valence-electron chi connectivity index (χ2n) is 6.88. The Morgan fingerprint density at radius 2 is 1.84 bits per heavy atom. The van der Waals surface area contributed by atoms with E-state index in [1.807, 2.05) is 36.4 Å². The van der Waals surface area contributed by atoms with E-state index in [1.165, 1.54) is 17.6 Å². The molecule has 8 heteroatoms. The van der Waals surface area contributed by atoms with Crippen molar-refractivity contribution in [1.29, 1.82) is 0 Å². The van der Waals surface area contributed by atoms with Crippen LogP contribution >= 0.6 is 22.6 Å². The molecule has 3 rings (SSSR count). The number of hydroxylamine groups is 1. The highest BCUT2D eigenvalue weighted by molar-refractivity contribution is 14.1. The van der Waals surface area contributed by atoms with Gasteiger partial charge in [-0.25, -0.2) is 10.3 Å². The van der Waals surface area contributed by atoms with Gasteiger partial charge in [0.1, 0.15) is 11.9 Å². The summed E-state index contributed by atoms with van der Waals surface area (Å²) >= 11 is 2.10. The number of halogens is 1. The molecule has 7 nitrogen and oxygen atoms in total. The molecule has 0 aliphatic heterocycles. The molecule has 4 N–H and O–H groups in total. The molecule has 0 heterocycles. The second kappa shape index (κ2) is 10.3. The monoisotopic (exact) mass is 532 g/mol. The number of fused-ring (bicyclic) bond motifs is 1. The Balaban J connectivity index is 1.88. The van der Waals surface area contributed by atoms with E-state index >= 15 is 0 Å². The van der Waals surface area contributed by atoms with Crippen molar-refractivity contribution in [2.24, 2.45) is 5.92 Å². The fraction of sp³-hybridized carbons (Fsp3) is 0.130. The fourth-order valence-corrected chi connectivity index (χ4v) is 3.69. The van der Waals surface area contributed by atoms with E-state index in [4.69, 9.17) is 9.94 Å². The van der Waals surface area contributed by atoms with E-state index in [1.54, 1.807) is 25.1 Å². The Labute approximate surface area is 192 Å². The molecule has 0 radical (unpaired) electrons. The Hall–Kier alpha value is -3.11. The molecule has 0 bridgehead atoms. The van der Waals surface area contributed by atoms with Gasteiger partial charge in [-0.05, 0) is 52.2 Å². The maximum atomic E-state index is 12.8. The lowest BCUT2D eigenvalue weighted by molar-refractivity contribution is -0.124. The average molecular weight is 532 g/mol. The van der Waals surface area contributed by atoms with E-state index < -0.39 is 24.0 Å². The van der Waals surface area contributed by atoms with E-state index in [-0.39, 0.29) is 5.75 Å². The van der Waals surface area contributed by atoms with Gasteiger partial charge in [0.05, 0.1) is 5.69 Å². The zero-order valence-electron chi connectivity index (χ0n) is 16.6. The minimum absolute atomic E-state index is 0.0322. The fourth-order valence-electron chi connectivity index (χ4n) is 3.17. The first-order chi connectivity index (χ1) is 14.9. The van der Waals surface area contributed by atoms with Crippen molar-refractivity contribution < 1.29 is 24.6 Å². The number of carbonyl (C=O) groups excluding carboxylic acids is 2. The lowest BCUT2D eigenvalue weighted by Gasteiger charge is -2.24. The molecule has 3 aromatic carbocycles. The number of carbonyl (C=O) groups is 2. The number of ether oxygens (including phenoxy) is 1. The van der Waals surface area contributed by atoms with Gasteiger partial charge in [-0.15, -0.1) is 0 Å². The van der Waals surface area contributed by atoms with Crippen molar-refractivity contribution >= 4 is 51.1 Å². The summed E-state index contributed by atoms with van der Waals surface area (Å²) in [5.41, 5.74) is 2.51. The van der Waals surface area contributed by atoms with Crippen molar-refractivity contribution in [2.75, 3.05) is 5.32 Å². The van der Waals surface area contributed by atoms with Crippen molar-refractivity contribution in [3.8, 4) is 5.75 Å². The quantitative estimate of drug-likeness (QED) is 0.152. The van der Waals surface area contributed by atoms with Crippen LogP contribution in [0.5, 0.6) is 5.75 Å². The standard InChI is InChI=1S/C23H21IN2O5/c1-14(9-12-21(28)26-30)22(18-13-16(24)10-11-20(18)27)31-23(29)25-19-8-4-6-15-5-2-3-7-17(15)19/h2-14,22,27,30H,1H3,(H,25,29)(H,26,28)/b12-9+/t14-,22-/m0/s1. The number of amides is 2. The summed E-state index contributed by atoms with van der Waals surface area (Å²) in [7, 11) is 0. The largest absolute Gasteiger partial charge is 0.508 e. The molecular formula is C23H21IN2O5. The van der Waals surface area contributed by atoms with Gasteiger partial charge >= 0.3 is 6.09 Å². The Morgan fingerprint density at radius 3 is 2.61 bits per heavy atom. The van der Waals surface area contributed by atoms with Gasteiger partial charge < -0.3 is 9.84 Å². The average Bonchev–Trinajstić information content (AvgIpc) is 2.77. The Kier molecular flexibility index (Phi) is 7.48. The highest BCUT2D eigenvalue weighted by Gasteiger charge is 2.25. The topological polar surface area (TPSA) is 108 Å². The number of benzene rings is 3. The third kappa shape index (κ3) is 5.74. The minimum Gasteiger partial charge on any atom is -0.508 e. The number of phenols is 1. The molecule has 0 saturated carbocycles. The van der Waals surface area contributed by atoms with Crippen LogP contribution in [0.1, 0.15) is 18.6 Å². The van der Waals surface area contributed by atoms with Crippen LogP contribution in [0.25, 0.3) is 10.8 Å². The number of aromatic hydroxyl groups is 1. The van der Waals surface area contributed by atoms with Gasteiger partial charge in [0.2, 0.25) is 0 Å². The number of anilines is 1. The van der Waals surface area contributed by atoms with Crippen LogP contribution in [0.2, 0.25) is 0 Å². The lowest BCUT2D eigenvalue weighted by atomic mass is 9.96. The van der Waals surface area contributed by atoms with Gasteiger partial charge in [-0.1, -0.05) is 49.4 Å². The molecule has 0 aliphatic carbocycles. The number of nitrogens with one attached hydrogen (secondary N) is 2. The van der Waals surface area contributed by atoms with Gasteiger partial charge in [-0.2, -0.15) is 0 Å². The number of hydrogen-bond donors (Lipinski definition) is 4. The molecule has 0 spiro atoms. The van der Waals surface area contributed by atoms with Crippen LogP contribution in [0.4, 0.5) is 10.5 Å². The SMILES string of the molecule is C[C@@H](/C=C/C(=O)NO)[C@H](OC(=O)Nc1cccc2ccccc12)c1cc(I)ccc1O. The van der Waals surface area contributed by atoms with Gasteiger partial charge in [0, 0.05) is 26.5 Å². The molecular weight excluding hydrogens is 511 g/mol. The van der Waals surface area contributed by atoms with E-state index in [9.17, 15) is 14.7 Å². The maximum Gasteiger partial charge on any atom is 0.412 e. The highest BCUT2D eigenvalue weighted by atomic mass is 127. The van der Waals surface area contributed by atoms with Gasteiger partial charge in [0.15, 0.2) is 0 Å². The molecule has 0 unspecified atom stereocenters. The molecule has 0 fully saturated rings. The van der Waals surface area contributed by atoms with Crippen LogP contribution in [0, 0.1) is 9.49 Å². The second-order valence-corrected chi connectivity index (χ2v) is 8.12. The summed E-state index contributed by atoms with van der Waals surface area (Å²) in [6, 6.07) is 18.1. The Bertz CT molecular complexity index is 1130. The summed E-state index contributed by atoms with van der Waals surface area (Å²) < 4.78 is 6.54. The van der Waals surface area contributed by atoms with Crippen molar-refractivity contribution in [3.63, 3.8) is 0 Å². The summed E-state index contributed by atoms with van der Waals surface area (Å²) in [4.78, 5) is 24.1. The molecule has 31 heavy (non-hydrogen) atoms. The maximum absolute atomic E-state index is 12.8. The smallest absolute Gasteiger partial charge is 0.412 e. The molecule has 0 aliphatic rings. The van der Waals surface area contributed by atoms with Crippen molar-refractivity contribution in [3.05, 3.63) is 81.9 Å². The first-order valence-corrected chi connectivity index (χ1v) is 10.5.